The van der Waals surface area contributed by atoms with E-state index in [0.29, 0.717) is 11.5 Å². The lowest BCUT2D eigenvalue weighted by molar-refractivity contribution is -0.144. The number of ketones is 1. The van der Waals surface area contributed by atoms with Gasteiger partial charge in [0, 0.05) is 0 Å². The first-order valence-corrected chi connectivity index (χ1v) is 8.07. The van der Waals surface area contributed by atoms with Crippen LogP contribution in [0.2, 0.25) is 0 Å². The van der Waals surface area contributed by atoms with Crippen LogP contribution in [0.3, 0.4) is 0 Å². The Morgan fingerprint density at radius 2 is 2.16 bits per heavy atom. The predicted molar refractivity (Wildman–Crippen MR) is 90.7 cm³/mol. The lowest BCUT2D eigenvalue weighted by atomic mass is 9.98. The molecule has 1 unspecified atom stereocenters. The van der Waals surface area contributed by atoms with E-state index >= 15 is 0 Å². The van der Waals surface area contributed by atoms with Gasteiger partial charge in [-0.25, -0.2) is 0 Å². The van der Waals surface area contributed by atoms with Gasteiger partial charge in [0.15, 0.2) is 11.9 Å². The minimum Gasteiger partial charge on any atom is -0.483 e. The van der Waals surface area contributed by atoms with Gasteiger partial charge in [0.2, 0.25) is 0 Å². The van der Waals surface area contributed by atoms with E-state index in [9.17, 15) is 9.59 Å². The van der Waals surface area contributed by atoms with Gasteiger partial charge in [-0.2, -0.15) is 0 Å². The first-order chi connectivity index (χ1) is 12.1. The molecule has 1 atom stereocenters. The zero-order valence-electron chi connectivity index (χ0n) is 14.4. The molecule has 0 saturated heterocycles. The van der Waals surface area contributed by atoms with Gasteiger partial charge in [0.25, 0.3) is 0 Å². The van der Waals surface area contributed by atoms with Crippen molar-refractivity contribution in [1.82, 2.24) is 0 Å². The Morgan fingerprint density at radius 3 is 2.80 bits per heavy atom. The van der Waals surface area contributed by atoms with Crippen LogP contribution in [0.15, 0.2) is 60.2 Å². The zero-order chi connectivity index (χ0) is 18.1. The lowest BCUT2D eigenvalue weighted by Crippen LogP contribution is -2.21. The average Bonchev–Trinajstić information content (AvgIpc) is 2.60. The number of hydrogen-bond acceptors (Lipinski definition) is 6. The molecule has 25 heavy (non-hydrogen) atoms. The van der Waals surface area contributed by atoms with Gasteiger partial charge in [-0.05, 0) is 38.3 Å². The number of Topliss-reactive ketones (excluding diaryl/α,β-unsaturated/α-hetero) is 1. The van der Waals surface area contributed by atoms with Gasteiger partial charge in [-0.1, -0.05) is 18.2 Å². The fourth-order valence-corrected chi connectivity index (χ4v) is 2.29. The Morgan fingerprint density at radius 1 is 1.32 bits per heavy atom. The van der Waals surface area contributed by atoms with Crippen molar-refractivity contribution in [3.63, 3.8) is 0 Å². The number of carbonyl (C=O) groups excluding carboxylic acids is 2. The molecule has 0 aromatic carbocycles. The molecule has 6 heteroatoms. The van der Waals surface area contributed by atoms with E-state index in [1.807, 2.05) is 12.2 Å². The largest absolute Gasteiger partial charge is 0.483 e. The third-order valence-corrected chi connectivity index (χ3v) is 3.48. The van der Waals surface area contributed by atoms with Crippen molar-refractivity contribution < 1.29 is 28.5 Å². The number of allylic oxidation sites excluding steroid dienone is 4. The van der Waals surface area contributed by atoms with E-state index in [1.165, 1.54) is 25.7 Å². The highest BCUT2D eigenvalue weighted by atomic mass is 16.6. The van der Waals surface area contributed by atoms with Crippen molar-refractivity contribution in [3.8, 4) is 0 Å². The van der Waals surface area contributed by atoms with Gasteiger partial charge in [-0.3, -0.25) is 9.59 Å². The van der Waals surface area contributed by atoms with Crippen molar-refractivity contribution >= 4 is 11.8 Å². The van der Waals surface area contributed by atoms with Crippen LogP contribution in [0.5, 0.6) is 0 Å². The molecule has 0 radical (unpaired) electrons. The molecule has 0 aromatic heterocycles. The van der Waals surface area contributed by atoms with Gasteiger partial charge >= 0.3 is 5.97 Å². The molecule has 0 fully saturated rings. The molecule has 1 aliphatic carbocycles. The summed E-state index contributed by atoms with van der Waals surface area (Å²) in [6.07, 6.45) is 13.3. The quantitative estimate of drug-likeness (QED) is 0.381. The maximum absolute atomic E-state index is 11.4. The summed E-state index contributed by atoms with van der Waals surface area (Å²) in [5, 5.41) is 0. The fourth-order valence-electron chi connectivity index (χ4n) is 2.29. The number of rotatable bonds is 8. The molecule has 0 bridgehead atoms. The van der Waals surface area contributed by atoms with E-state index in [1.54, 1.807) is 13.0 Å². The van der Waals surface area contributed by atoms with Crippen molar-refractivity contribution in [2.75, 3.05) is 6.61 Å². The minimum absolute atomic E-state index is 0.0416. The second kappa shape index (κ2) is 9.52. The third-order valence-electron chi connectivity index (χ3n) is 3.48. The normalized spacial score (nSPS) is 17.6. The molecule has 0 saturated carbocycles. The summed E-state index contributed by atoms with van der Waals surface area (Å²) in [4.78, 5) is 22.2. The Kier molecular flexibility index (Phi) is 7.07. The van der Waals surface area contributed by atoms with Crippen molar-refractivity contribution in [2.24, 2.45) is 0 Å². The van der Waals surface area contributed by atoms with E-state index in [2.05, 4.69) is 6.08 Å². The first-order valence-electron chi connectivity index (χ1n) is 8.07. The van der Waals surface area contributed by atoms with Crippen LogP contribution in [0.4, 0.5) is 0 Å². The molecule has 6 nitrogen and oxygen atoms in total. The first kappa shape index (κ1) is 18.6. The SMILES string of the molecule is CC(=O)CC(=O)OC/C=C(\C)OC(C1=CC=CCC1)C1=COC=CO1. The van der Waals surface area contributed by atoms with Gasteiger partial charge in [0.1, 0.15) is 37.6 Å². The molecule has 1 aliphatic heterocycles. The van der Waals surface area contributed by atoms with E-state index in [-0.39, 0.29) is 18.8 Å². The molecular formula is C19H22O6. The minimum atomic E-state index is -0.551. The summed E-state index contributed by atoms with van der Waals surface area (Å²) in [6.45, 7) is 3.15. The molecule has 0 spiro atoms. The van der Waals surface area contributed by atoms with Crippen molar-refractivity contribution in [1.29, 1.82) is 0 Å². The Labute approximate surface area is 147 Å². The van der Waals surface area contributed by atoms with Crippen molar-refractivity contribution in [2.45, 2.75) is 39.2 Å². The molecule has 134 valence electrons. The second-order valence-corrected chi connectivity index (χ2v) is 5.63. The summed E-state index contributed by atoms with van der Waals surface area (Å²) in [7, 11) is 0. The van der Waals surface area contributed by atoms with Crippen LogP contribution in [0.25, 0.3) is 0 Å². The maximum Gasteiger partial charge on any atom is 0.313 e. The van der Waals surface area contributed by atoms with Crippen LogP contribution in [-0.4, -0.2) is 24.5 Å². The van der Waals surface area contributed by atoms with E-state index < -0.39 is 12.1 Å². The van der Waals surface area contributed by atoms with Crippen LogP contribution in [0.1, 0.15) is 33.1 Å². The summed E-state index contributed by atoms with van der Waals surface area (Å²) >= 11 is 0. The summed E-state index contributed by atoms with van der Waals surface area (Å²) in [6, 6.07) is 0. The van der Waals surface area contributed by atoms with Crippen molar-refractivity contribution in [3.05, 3.63) is 60.2 Å². The van der Waals surface area contributed by atoms with Crippen LogP contribution >= 0.6 is 0 Å². The molecule has 1 heterocycles. The van der Waals surface area contributed by atoms with Gasteiger partial charge in [-0.15, -0.1) is 0 Å². The lowest BCUT2D eigenvalue weighted by Gasteiger charge is -2.25. The Balaban J connectivity index is 1.98. The standard InChI is InChI=1S/C19H22O6/c1-14(20)12-18(21)24-9-8-15(2)25-19(16-6-4-3-5-7-16)17-13-22-10-11-23-17/h3-4,6,8,10-11,13,19H,5,7,9,12H2,1-2H3/b15-8+. The summed E-state index contributed by atoms with van der Waals surface area (Å²) < 4.78 is 21.6. The highest BCUT2D eigenvalue weighted by Crippen LogP contribution is 2.27. The topological polar surface area (TPSA) is 71.1 Å². The highest BCUT2D eigenvalue weighted by molar-refractivity contribution is 5.94. The third kappa shape index (κ3) is 6.33. The fraction of sp³-hybridized carbons (Fsp3) is 0.368. The van der Waals surface area contributed by atoms with Crippen LogP contribution in [0, 0.1) is 0 Å². The molecule has 2 aliphatic rings. The number of ether oxygens (including phenoxy) is 4. The van der Waals surface area contributed by atoms with Gasteiger partial charge < -0.3 is 18.9 Å². The zero-order valence-corrected chi connectivity index (χ0v) is 14.4. The van der Waals surface area contributed by atoms with E-state index in [4.69, 9.17) is 18.9 Å². The number of esters is 1. The Bertz CT molecular complexity index is 651. The average molecular weight is 346 g/mol. The number of hydrogen-bond donors (Lipinski definition) is 0. The van der Waals surface area contributed by atoms with Crippen LogP contribution < -0.4 is 0 Å². The van der Waals surface area contributed by atoms with E-state index in [0.717, 1.165) is 18.4 Å². The predicted octanol–water partition coefficient (Wildman–Crippen LogP) is 3.43. The number of carbonyl (C=O) groups is 2. The second-order valence-electron chi connectivity index (χ2n) is 5.63. The molecule has 0 N–H and O–H groups in total. The molecule has 0 aromatic rings. The molecule has 0 amide bonds. The Hall–Kier alpha value is -2.76. The monoisotopic (exact) mass is 346 g/mol. The molecular weight excluding hydrogens is 324 g/mol. The summed E-state index contributed by atoms with van der Waals surface area (Å²) in [5.41, 5.74) is 1.06. The maximum atomic E-state index is 11.4. The summed E-state index contributed by atoms with van der Waals surface area (Å²) in [5.74, 6) is 0.347. The smallest absolute Gasteiger partial charge is 0.313 e. The molecule has 2 rings (SSSR count). The van der Waals surface area contributed by atoms with Crippen LogP contribution in [-0.2, 0) is 28.5 Å². The highest BCUT2D eigenvalue weighted by Gasteiger charge is 2.24. The van der Waals surface area contributed by atoms with Gasteiger partial charge in [0.05, 0.1) is 5.76 Å².